The second-order valence-corrected chi connectivity index (χ2v) is 13.3. The normalized spacial score (nSPS) is 11.8. The number of rotatable bonds is 5. The third kappa shape index (κ3) is 4.64. The molecule has 5 nitrogen and oxygen atoms in total. The van der Waals surface area contributed by atoms with Crippen molar-refractivity contribution in [3.63, 3.8) is 0 Å². The van der Waals surface area contributed by atoms with Gasteiger partial charge in [0.2, 0.25) is 0 Å². The summed E-state index contributed by atoms with van der Waals surface area (Å²) in [6.07, 6.45) is 0. The van der Waals surface area contributed by atoms with Gasteiger partial charge in [0.15, 0.2) is 17.0 Å². The minimum Gasteiger partial charge on any atom is -0.453 e. The van der Waals surface area contributed by atoms with Crippen molar-refractivity contribution in [3.8, 4) is 22.6 Å². The number of anilines is 3. The van der Waals surface area contributed by atoms with Crippen molar-refractivity contribution < 1.29 is 8.83 Å². The van der Waals surface area contributed by atoms with Crippen molar-refractivity contribution in [2.24, 2.45) is 0 Å². The molecule has 53 heavy (non-hydrogen) atoms. The van der Waals surface area contributed by atoms with Crippen LogP contribution in [0.25, 0.3) is 88.2 Å². The molecule has 11 rings (SSSR count). The van der Waals surface area contributed by atoms with Gasteiger partial charge in [-0.25, -0.2) is 9.97 Å². The Bertz CT molecular complexity index is 3140. The largest absolute Gasteiger partial charge is 0.453 e. The number of aromatic nitrogens is 2. The fraction of sp³-hybridized carbons (Fsp3) is 0. The summed E-state index contributed by atoms with van der Waals surface area (Å²) in [5.41, 5.74) is 9.46. The minimum atomic E-state index is 0.610. The summed E-state index contributed by atoms with van der Waals surface area (Å²) < 4.78 is 13.6. The lowest BCUT2D eigenvalue weighted by molar-refractivity contribution is 0.667. The second kappa shape index (κ2) is 11.7. The lowest BCUT2D eigenvalue weighted by atomic mass is 9.98. The molecule has 11 aromatic rings. The van der Waals surface area contributed by atoms with E-state index in [1.165, 1.54) is 5.39 Å². The van der Waals surface area contributed by atoms with Gasteiger partial charge in [-0.1, -0.05) is 121 Å². The highest BCUT2D eigenvalue weighted by Crippen LogP contribution is 2.47. The quantitative estimate of drug-likeness (QED) is 0.181. The number of benzene rings is 8. The molecule has 0 saturated carbocycles. The van der Waals surface area contributed by atoms with Crippen LogP contribution >= 0.6 is 0 Å². The van der Waals surface area contributed by atoms with Crippen molar-refractivity contribution in [1.29, 1.82) is 0 Å². The highest BCUT2D eigenvalue weighted by atomic mass is 16.3. The number of hydrogen-bond donors (Lipinski definition) is 0. The van der Waals surface area contributed by atoms with Crippen LogP contribution in [0.15, 0.2) is 185 Å². The maximum Gasteiger partial charge on any atom is 0.180 e. The number of hydrogen-bond acceptors (Lipinski definition) is 5. The van der Waals surface area contributed by atoms with Crippen LogP contribution in [0.5, 0.6) is 0 Å². The predicted molar refractivity (Wildman–Crippen MR) is 217 cm³/mol. The van der Waals surface area contributed by atoms with Gasteiger partial charge in [-0.05, 0) is 70.8 Å². The summed E-state index contributed by atoms with van der Waals surface area (Å²) >= 11 is 0. The topological polar surface area (TPSA) is 55.3 Å². The third-order valence-electron chi connectivity index (χ3n) is 10.2. The van der Waals surface area contributed by atoms with Gasteiger partial charge in [0.25, 0.3) is 0 Å². The number of para-hydroxylation sites is 4. The summed E-state index contributed by atoms with van der Waals surface area (Å²) in [4.78, 5) is 13.0. The molecule has 0 aliphatic carbocycles. The Balaban J connectivity index is 1.24. The van der Waals surface area contributed by atoms with E-state index in [1.54, 1.807) is 0 Å². The van der Waals surface area contributed by atoms with E-state index in [-0.39, 0.29) is 0 Å². The zero-order valence-corrected chi connectivity index (χ0v) is 28.4. The Labute approximate surface area is 304 Å². The molecular weight excluding hydrogens is 651 g/mol. The molecule has 0 saturated heterocycles. The van der Waals surface area contributed by atoms with Crippen LogP contribution in [-0.4, -0.2) is 9.97 Å². The summed E-state index contributed by atoms with van der Waals surface area (Å²) in [5.74, 6) is 0.610. The lowest BCUT2D eigenvalue weighted by Gasteiger charge is -2.25. The van der Waals surface area contributed by atoms with Gasteiger partial charge in [0, 0.05) is 44.0 Å². The molecule has 0 radical (unpaired) electrons. The number of nitrogens with zero attached hydrogens (tertiary/aromatic N) is 3. The first kappa shape index (κ1) is 29.5. The van der Waals surface area contributed by atoms with E-state index in [0.717, 1.165) is 88.5 Å². The van der Waals surface area contributed by atoms with Crippen LogP contribution in [0.2, 0.25) is 0 Å². The van der Waals surface area contributed by atoms with Crippen LogP contribution in [0.1, 0.15) is 0 Å². The monoisotopic (exact) mass is 679 g/mol. The average Bonchev–Trinajstić information content (AvgIpc) is 3.81. The van der Waals surface area contributed by atoms with Crippen LogP contribution < -0.4 is 4.90 Å². The van der Waals surface area contributed by atoms with E-state index in [0.29, 0.717) is 11.4 Å². The first-order valence-electron chi connectivity index (χ1n) is 17.7. The molecule has 8 aromatic carbocycles. The van der Waals surface area contributed by atoms with Gasteiger partial charge in [-0.2, -0.15) is 0 Å². The zero-order valence-electron chi connectivity index (χ0n) is 28.4. The van der Waals surface area contributed by atoms with Crippen LogP contribution in [0.4, 0.5) is 17.1 Å². The molecule has 0 N–H and O–H groups in total. The Morgan fingerprint density at radius 3 is 1.89 bits per heavy atom. The molecule has 0 aliphatic rings. The molecule has 0 bridgehead atoms. The molecule has 0 amide bonds. The number of fused-ring (bicyclic) bond motifs is 9. The van der Waals surface area contributed by atoms with Gasteiger partial charge in [0.1, 0.15) is 22.4 Å². The van der Waals surface area contributed by atoms with Gasteiger partial charge in [-0.3, -0.25) is 0 Å². The summed E-state index contributed by atoms with van der Waals surface area (Å²) in [5, 5.41) is 7.29. The van der Waals surface area contributed by atoms with Crippen molar-refractivity contribution in [2.45, 2.75) is 0 Å². The highest BCUT2D eigenvalue weighted by molar-refractivity contribution is 6.23. The fourth-order valence-corrected chi connectivity index (χ4v) is 7.80. The average molecular weight is 680 g/mol. The zero-order chi connectivity index (χ0) is 34.9. The van der Waals surface area contributed by atoms with Crippen LogP contribution in [-0.2, 0) is 0 Å². The van der Waals surface area contributed by atoms with E-state index in [2.05, 4.69) is 150 Å². The molecule has 0 unspecified atom stereocenters. The molecule has 3 heterocycles. The third-order valence-corrected chi connectivity index (χ3v) is 10.2. The summed E-state index contributed by atoms with van der Waals surface area (Å²) in [6.45, 7) is 0. The Hall–Kier alpha value is -7.24. The van der Waals surface area contributed by atoms with Gasteiger partial charge >= 0.3 is 0 Å². The first-order chi connectivity index (χ1) is 26.3. The van der Waals surface area contributed by atoms with Crippen LogP contribution in [0.3, 0.4) is 0 Å². The van der Waals surface area contributed by atoms with Crippen molar-refractivity contribution in [2.75, 3.05) is 4.90 Å². The molecule has 3 aromatic heterocycles. The Kier molecular flexibility index (Phi) is 6.48. The lowest BCUT2D eigenvalue weighted by Crippen LogP contribution is -2.09. The molecule has 0 fully saturated rings. The van der Waals surface area contributed by atoms with E-state index < -0.39 is 0 Å². The first-order valence-corrected chi connectivity index (χ1v) is 17.7. The smallest absolute Gasteiger partial charge is 0.180 e. The Morgan fingerprint density at radius 2 is 1.09 bits per heavy atom. The fourth-order valence-electron chi connectivity index (χ4n) is 7.80. The number of furan rings is 2. The summed E-state index contributed by atoms with van der Waals surface area (Å²) in [7, 11) is 0. The van der Waals surface area contributed by atoms with E-state index >= 15 is 0 Å². The maximum atomic E-state index is 7.07. The Morgan fingerprint density at radius 1 is 0.434 bits per heavy atom. The standard InChI is InChI=1S/C48H29N3O2/c1-3-17-34(18-4-1)51(35-19-5-2-6-20-35)40-24-13-23-38-42-39(29-32-16-9-10-21-36(32)46(42)53-45(38)40)48-49-43(33-27-26-30-14-7-8-15-31(30)28-33)47-44(50-48)37-22-11-12-25-41(37)52-47/h1-29H. The van der Waals surface area contributed by atoms with Gasteiger partial charge in [0.05, 0.1) is 5.69 Å². The minimum absolute atomic E-state index is 0.610. The van der Waals surface area contributed by atoms with Crippen molar-refractivity contribution >= 4 is 82.6 Å². The molecule has 0 aliphatic heterocycles. The summed E-state index contributed by atoms with van der Waals surface area (Å²) in [6, 6.07) is 60.7. The second-order valence-electron chi connectivity index (χ2n) is 13.3. The van der Waals surface area contributed by atoms with Crippen LogP contribution in [0, 0.1) is 0 Å². The maximum absolute atomic E-state index is 7.07. The van der Waals surface area contributed by atoms with Crippen molar-refractivity contribution in [1.82, 2.24) is 9.97 Å². The molecule has 248 valence electrons. The predicted octanol–water partition coefficient (Wildman–Crippen LogP) is 13.4. The van der Waals surface area contributed by atoms with E-state index in [9.17, 15) is 0 Å². The molecule has 0 spiro atoms. The van der Waals surface area contributed by atoms with E-state index in [1.807, 2.05) is 30.3 Å². The van der Waals surface area contributed by atoms with Crippen molar-refractivity contribution in [3.05, 3.63) is 176 Å². The van der Waals surface area contributed by atoms with Gasteiger partial charge in [-0.15, -0.1) is 0 Å². The molecule has 5 heteroatoms. The molecular formula is C48H29N3O2. The SMILES string of the molecule is c1ccc(N(c2ccccc2)c2cccc3c2oc2c4ccccc4cc(-c4nc(-c5ccc6ccccc6c5)c5oc6ccccc6c5n4)c32)cc1. The van der Waals surface area contributed by atoms with Gasteiger partial charge < -0.3 is 13.7 Å². The highest BCUT2D eigenvalue weighted by Gasteiger charge is 2.25. The van der Waals surface area contributed by atoms with E-state index in [4.69, 9.17) is 18.8 Å². The molecule has 0 atom stereocenters.